The molecule has 0 unspecified atom stereocenters. The molecular weight excluding hydrogens is 410 g/mol. The Kier molecular flexibility index (Phi) is 5.40. The summed E-state index contributed by atoms with van der Waals surface area (Å²) < 4.78 is 26.9. The number of likely N-dealkylation sites (tertiary alicyclic amines) is 1. The van der Waals surface area contributed by atoms with Crippen molar-refractivity contribution in [1.29, 1.82) is 0 Å². The van der Waals surface area contributed by atoms with Crippen LogP contribution in [0.3, 0.4) is 0 Å². The van der Waals surface area contributed by atoms with Crippen LogP contribution in [0.5, 0.6) is 5.75 Å². The topological polar surface area (TPSA) is 64.1 Å². The Morgan fingerprint density at radius 3 is 2.55 bits per heavy atom. The summed E-state index contributed by atoms with van der Waals surface area (Å²) in [4.78, 5) is 5.08. The third-order valence-corrected chi connectivity index (χ3v) is 11.0. The van der Waals surface area contributed by atoms with Crippen molar-refractivity contribution in [2.75, 3.05) is 40.3 Å². The molecule has 0 aromatic heterocycles. The molecule has 3 fully saturated rings. The molecule has 2 heterocycles. The molecule has 0 radical (unpaired) electrons. The first-order valence-electron chi connectivity index (χ1n) is 11.9. The van der Waals surface area contributed by atoms with Gasteiger partial charge >= 0.3 is 0 Å². The fourth-order valence-electron chi connectivity index (χ4n) is 6.67. The molecule has 1 aromatic carbocycles. The lowest BCUT2D eigenvalue weighted by molar-refractivity contribution is -0.00615. The molecule has 1 N–H and O–H groups in total. The van der Waals surface area contributed by atoms with Gasteiger partial charge in [-0.3, -0.25) is 0 Å². The summed E-state index contributed by atoms with van der Waals surface area (Å²) in [6.45, 7) is 5.84. The highest BCUT2D eigenvalue weighted by atomic mass is 32.2. The van der Waals surface area contributed by atoms with E-state index in [2.05, 4.69) is 36.9 Å². The van der Waals surface area contributed by atoms with Gasteiger partial charge in [-0.15, -0.1) is 0 Å². The number of phenols is 1. The predicted molar refractivity (Wildman–Crippen MR) is 123 cm³/mol. The van der Waals surface area contributed by atoms with Crippen LogP contribution in [0.25, 0.3) is 0 Å². The average Bonchev–Trinajstić information content (AvgIpc) is 3.58. The van der Waals surface area contributed by atoms with Gasteiger partial charge in [-0.25, -0.2) is 12.7 Å². The number of hydrogen-bond donors (Lipinski definition) is 1. The SMILES string of the molecule is CN1CC[C@@]2(C)c3cc(O)ccc3C[C@@H]1[C@@H]2N(C)CC1CCN(S(=O)(=O)C2CC2)CC1. The van der Waals surface area contributed by atoms with Crippen LogP contribution in [-0.4, -0.2) is 85.2 Å². The minimum atomic E-state index is -3.04. The molecule has 0 spiro atoms. The van der Waals surface area contributed by atoms with E-state index in [4.69, 9.17) is 0 Å². The molecule has 1 saturated carbocycles. The number of phenolic OH excluding ortho intramolecular Hbond substituents is 1. The highest BCUT2D eigenvalue weighted by Crippen LogP contribution is 2.47. The monoisotopic (exact) mass is 447 g/mol. The van der Waals surface area contributed by atoms with Crippen LogP contribution in [0.15, 0.2) is 18.2 Å². The summed E-state index contributed by atoms with van der Waals surface area (Å²) in [6, 6.07) is 6.80. The second kappa shape index (κ2) is 7.72. The van der Waals surface area contributed by atoms with Gasteiger partial charge in [0.1, 0.15) is 5.75 Å². The first-order valence-corrected chi connectivity index (χ1v) is 13.4. The van der Waals surface area contributed by atoms with E-state index < -0.39 is 10.0 Å². The van der Waals surface area contributed by atoms with Crippen molar-refractivity contribution in [3.8, 4) is 5.75 Å². The van der Waals surface area contributed by atoms with E-state index in [0.717, 1.165) is 51.6 Å². The lowest BCUT2D eigenvalue weighted by Crippen LogP contribution is -2.66. The molecular formula is C24H37N3O3S. The Labute approximate surface area is 187 Å². The maximum absolute atomic E-state index is 12.6. The number of piperidine rings is 2. The Balaban J connectivity index is 1.31. The molecule has 2 aliphatic heterocycles. The highest BCUT2D eigenvalue weighted by Gasteiger charge is 2.51. The van der Waals surface area contributed by atoms with Gasteiger partial charge in [0, 0.05) is 37.1 Å². The Morgan fingerprint density at radius 2 is 1.87 bits per heavy atom. The fraction of sp³-hybridized carbons (Fsp3) is 0.750. The van der Waals surface area contributed by atoms with Crippen LogP contribution in [0, 0.1) is 5.92 Å². The third kappa shape index (κ3) is 3.71. The predicted octanol–water partition coefficient (Wildman–Crippen LogP) is 2.41. The van der Waals surface area contributed by atoms with Crippen LogP contribution < -0.4 is 0 Å². The number of sulfonamides is 1. The lowest BCUT2D eigenvalue weighted by Gasteiger charge is -2.58. The molecule has 1 aromatic rings. The smallest absolute Gasteiger partial charge is 0.216 e. The van der Waals surface area contributed by atoms with E-state index in [0.29, 0.717) is 36.8 Å². The number of fused-ring (bicyclic) bond motifs is 4. The summed E-state index contributed by atoms with van der Waals surface area (Å²) in [5.74, 6) is 0.902. The van der Waals surface area contributed by atoms with Crippen LogP contribution in [0.4, 0.5) is 0 Å². The van der Waals surface area contributed by atoms with Gasteiger partial charge in [0.15, 0.2) is 0 Å². The maximum Gasteiger partial charge on any atom is 0.216 e. The number of aromatic hydroxyl groups is 1. The summed E-state index contributed by atoms with van der Waals surface area (Å²) in [5.41, 5.74) is 2.72. The Hall–Kier alpha value is -1.15. The summed E-state index contributed by atoms with van der Waals surface area (Å²) in [5, 5.41) is 10.1. The second-order valence-corrected chi connectivity index (χ2v) is 12.9. The number of hydrogen-bond acceptors (Lipinski definition) is 5. The van der Waals surface area contributed by atoms with Crippen molar-refractivity contribution >= 4 is 10.0 Å². The van der Waals surface area contributed by atoms with Crippen LogP contribution in [0.2, 0.25) is 0 Å². The average molecular weight is 448 g/mol. The molecule has 172 valence electrons. The summed E-state index contributed by atoms with van der Waals surface area (Å²) in [7, 11) is 1.47. The quantitative estimate of drug-likeness (QED) is 0.751. The standard InChI is InChI=1S/C24H37N3O3S/c1-24-10-13-25(2)22(14-18-4-5-19(28)15-21(18)24)23(24)26(3)16-17-8-11-27(12-9-17)31(29,30)20-6-7-20/h4-5,15,17,20,22-23,28H,6-14,16H2,1-3H3/t22-,23+,24+/m1/s1. The van der Waals surface area contributed by atoms with Crippen molar-refractivity contribution in [2.45, 2.75) is 68.2 Å². The minimum Gasteiger partial charge on any atom is -0.508 e. The zero-order valence-electron chi connectivity index (χ0n) is 19.1. The number of nitrogens with zero attached hydrogens (tertiary/aromatic N) is 3. The zero-order chi connectivity index (χ0) is 22.0. The summed E-state index contributed by atoms with van der Waals surface area (Å²) >= 11 is 0. The first kappa shape index (κ1) is 21.7. The van der Waals surface area contributed by atoms with Gasteiger partial charge in [0.2, 0.25) is 10.0 Å². The third-order valence-electron chi connectivity index (χ3n) is 8.61. The van der Waals surface area contributed by atoms with Crippen molar-refractivity contribution in [3.63, 3.8) is 0 Å². The Morgan fingerprint density at radius 1 is 1.16 bits per heavy atom. The molecule has 2 saturated heterocycles. The van der Waals surface area contributed by atoms with Gasteiger partial charge in [-0.2, -0.15) is 0 Å². The van der Waals surface area contributed by atoms with Gasteiger partial charge in [-0.05, 0) is 88.3 Å². The van der Waals surface area contributed by atoms with E-state index in [9.17, 15) is 13.5 Å². The van der Waals surface area contributed by atoms with E-state index in [-0.39, 0.29) is 10.7 Å². The van der Waals surface area contributed by atoms with Crippen molar-refractivity contribution in [1.82, 2.24) is 14.1 Å². The van der Waals surface area contributed by atoms with Crippen LogP contribution >= 0.6 is 0 Å². The van der Waals surface area contributed by atoms with E-state index in [1.165, 1.54) is 11.1 Å². The van der Waals surface area contributed by atoms with Gasteiger partial charge in [0.25, 0.3) is 0 Å². The molecule has 4 aliphatic rings. The van der Waals surface area contributed by atoms with Crippen molar-refractivity contribution < 1.29 is 13.5 Å². The molecule has 3 atom stereocenters. The highest BCUT2D eigenvalue weighted by molar-refractivity contribution is 7.90. The van der Waals surface area contributed by atoms with E-state index >= 15 is 0 Å². The first-order chi connectivity index (χ1) is 14.7. The van der Waals surface area contributed by atoms with Crippen molar-refractivity contribution in [3.05, 3.63) is 29.3 Å². The van der Waals surface area contributed by atoms with E-state index in [1.807, 2.05) is 12.1 Å². The van der Waals surface area contributed by atoms with Gasteiger partial charge in [-0.1, -0.05) is 13.0 Å². The normalized spacial score (nSPS) is 32.9. The van der Waals surface area contributed by atoms with Gasteiger partial charge < -0.3 is 14.9 Å². The maximum atomic E-state index is 12.6. The molecule has 31 heavy (non-hydrogen) atoms. The fourth-order valence-corrected chi connectivity index (χ4v) is 8.55. The minimum absolute atomic E-state index is 0.0221. The lowest BCUT2D eigenvalue weighted by atomic mass is 9.61. The molecule has 2 bridgehead atoms. The van der Waals surface area contributed by atoms with Crippen LogP contribution in [0.1, 0.15) is 50.2 Å². The van der Waals surface area contributed by atoms with Gasteiger partial charge in [0.05, 0.1) is 5.25 Å². The van der Waals surface area contributed by atoms with Crippen molar-refractivity contribution in [2.24, 2.45) is 5.92 Å². The summed E-state index contributed by atoms with van der Waals surface area (Å²) in [6.07, 6.45) is 5.71. The molecule has 2 aliphatic carbocycles. The number of benzene rings is 1. The second-order valence-electron chi connectivity index (χ2n) is 10.7. The number of rotatable bonds is 5. The zero-order valence-corrected chi connectivity index (χ0v) is 19.9. The molecule has 7 heteroatoms. The number of likely N-dealkylation sites (N-methyl/N-ethyl adjacent to an activating group) is 2. The molecule has 0 amide bonds. The molecule has 5 rings (SSSR count). The Bertz CT molecular complexity index is 939. The van der Waals surface area contributed by atoms with Crippen LogP contribution in [-0.2, 0) is 21.9 Å². The van der Waals surface area contributed by atoms with E-state index in [1.54, 1.807) is 4.31 Å². The largest absolute Gasteiger partial charge is 0.508 e. The molecule has 6 nitrogen and oxygen atoms in total.